The topological polar surface area (TPSA) is 47.4 Å². The highest BCUT2D eigenvalue weighted by Crippen LogP contribution is 2.37. The maximum absolute atomic E-state index is 12.4. The summed E-state index contributed by atoms with van der Waals surface area (Å²) in [5, 5.41) is 0. The Morgan fingerprint density at radius 1 is 1.09 bits per heavy atom. The lowest BCUT2D eigenvalue weighted by molar-refractivity contribution is 0.101. The summed E-state index contributed by atoms with van der Waals surface area (Å²) in [6.45, 7) is 3.60. The smallest absolute Gasteiger partial charge is 0.410 e. The van der Waals surface area contributed by atoms with Gasteiger partial charge in [0.05, 0.1) is 24.7 Å². The molecular formula is C27H33N3O2. The Kier molecular flexibility index (Phi) is 5.90. The van der Waals surface area contributed by atoms with Gasteiger partial charge in [0.2, 0.25) is 0 Å². The van der Waals surface area contributed by atoms with Gasteiger partial charge in [0, 0.05) is 24.1 Å². The fourth-order valence-electron chi connectivity index (χ4n) is 5.58. The fraction of sp³-hybridized carbons (Fsp3) is 0.481. The van der Waals surface area contributed by atoms with Crippen LogP contribution in [-0.4, -0.2) is 33.7 Å². The van der Waals surface area contributed by atoms with Crippen molar-refractivity contribution in [2.45, 2.75) is 76.9 Å². The molecule has 1 aliphatic carbocycles. The number of methoxy groups -OCH3 is 1. The molecule has 1 saturated carbocycles. The van der Waals surface area contributed by atoms with Gasteiger partial charge in [0.1, 0.15) is 5.82 Å². The Morgan fingerprint density at radius 3 is 2.62 bits per heavy atom. The Hall–Kier alpha value is -2.82. The fourth-order valence-corrected chi connectivity index (χ4v) is 5.58. The second-order valence-corrected chi connectivity index (χ2v) is 9.41. The molecule has 5 nitrogen and oxygen atoms in total. The van der Waals surface area contributed by atoms with Crippen molar-refractivity contribution >= 4 is 17.1 Å². The van der Waals surface area contributed by atoms with Crippen molar-refractivity contribution in [1.82, 2.24) is 14.5 Å². The molecule has 0 bridgehead atoms. The number of hydrogen-bond acceptors (Lipinski definition) is 3. The van der Waals surface area contributed by atoms with Gasteiger partial charge in [-0.2, -0.15) is 0 Å². The lowest BCUT2D eigenvalue weighted by Crippen LogP contribution is -2.42. The summed E-state index contributed by atoms with van der Waals surface area (Å²) < 4.78 is 7.53. The van der Waals surface area contributed by atoms with Gasteiger partial charge in [-0.05, 0) is 49.8 Å². The molecule has 2 heterocycles. The van der Waals surface area contributed by atoms with Gasteiger partial charge in [-0.25, -0.2) is 9.78 Å². The summed E-state index contributed by atoms with van der Waals surface area (Å²) in [5.74, 6) is 1.77. The van der Waals surface area contributed by atoms with Crippen LogP contribution in [0.4, 0.5) is 4.79 Å². The summed E-state index contributed by atoms with van der Waals surface area (Å²) in [6, 6.07) is 15.4. The molecule has 5 rings (SSSR count). The van der Waals surface area contributed by atoms with E-state index < -0.39 is 0 Å². The molecule has 0 radical (unpaired) electrons. The molecule has 1 amide bonds. The number of hydrogen-bond donors (Lipinski definition) is 0. The maximum Gasteiger partial charge on any atom is 0.410 e. The molecule has 2 aliphatic rings. The molecule has 0 spiro atoms. The molecule has 1 atom stereocenters. The number of carbonyl (C=O) groups excluding carboxylic acids is 1. The van der Waals surface area contributed by atoms with Crippen LogP contribution in [-0.2, 0) is 30.7 Å². The van der Waals surface area contributed by atoms with Crippen molar-refractivity contribution in [2.24, 2.45) is 0 Å². The molecule has 0 saturated heterocycles. The third kappa shape index (κ3) is 3.89. The molecule has 5 heteroatoms. The average Bonchev–Trinajstić information content (AvgIpc) is 3.22. The number of rotatable bonds is 4. The average molecular weight is 432 g/mol. The van der Waals surface area contributed by atoms with E-state index >= 15 is 0 Å². The predicted octanol–water partition coefficient (Wildman–Crippen LogP) is 5.84. The minimum Gasteiger partial charge on any atom is -0.453 e. The van der Waals surface area contributed by atoms with Crippen molar-refractivity contribution in [3.05, 3.63) is 65.0 Å². The number of nitrogens with zero attached hydrogens (tertiary/aromatic N) is 3. The van der Waals surface area contributed by atoms with Gasteiger partial charge in [0.25, 0.3) is 0 Å². The number of imidazole rings is 1. The van der Waals surface area contributed by atoms with Crippen LogP contribution in [0.1, 0.15) is 67.5 Å². The highest BCUT2D eigenvalue weighted by atomic mass is 16.5. The molecule has 2 aromatic carbocycles. The second-order valence-electron chi connectivity index (χ2n) is 9.41. The zero-order chi connectivity index (χ0) is 22.1. The molecule has 1 aliphatic heterocycles. The van der Waals surface area contributed by atoms with Crippen LogP contribution in [0.3, 0.4) is 0 Å². The Bertz CT molecular complexity index is 1100. The Morgan fingerprint density at radius 2 is 1.88 bits per heavy atom. The standard InChI is InChI=1S/C27H33N3O2/c1-19-17-22-13-14-24-25(23(22)18-30(19)27(31)32-2)28-26(21-11-7-4-8-12-21)29(24)16-15-20-9-5-3-6-10-20/h3,5-6,9-10,13-14,19,21H,4,7-8,11-12,15-18H2,1-2H3. The summed E-state index contributed by atoms with van der Waals surface area (Å²) in [4.78, 5) is 19.5. The lowest BCUT2D eigenvalue weighted by atomic mass is 9.88. The first-order valence-corrected chi connectivity index (χ1v) is 12.0. The summed E-state index contributed by atoms with van der Waals surface area (Å²) in [7, 11) is 1.46. The van der Waals surface area contributed by atoms with E-state index in [0.717, 1.165) is 24.9 Å². The van der Waals surface area contributed by atoms with Crippen molar-refractivity contribution in [2.75, 3.05) is 7.11 Å². The minimum atomic E-state index is -0.254. The first-order chi connectivity index (χ1) is 15.7. The lowest BCUT2D eigenvalue weighted by Gasteiger charge is -2.33. The van der Waals surface area contributed by atoms with Gasteiger partial charge < -0.3 is 14.2 Å². The Labute approximate surface area is 190 Å². The molecule has 1 aromatic heterocycles. The third-order valence-corrected chi connectivity index (χ3v) is 7.37. The van der Waals surface area contributed by atoms with Crippen LogP contribution in [0.25, 0.3) is 11.0 Å². The van der Waals surface area contributed by atoms with Crippen molar-refractivity contribution in [3.8, 4) is 0 Å². The van der Waals surface area contributed by atoms with Gasteiger partial charge in [-0.3, -0.25) is 0 Å². The highest BCUT2D eigenvalue weighted by Gasteiger charge is 2.31. The monoisotopic (exact) mass is 431 g/mol. The van der Waals surface area contributed by atoms with Crippen molar-refractivity contribution in [1.29, 1.82) is 0 Å². The zero-order valence-electron chi connectivity index (χ0n) is 19.2. The van der Waals surface area contributed by atoms with Crippen LogP contribution in [0.5, 0.6) is 0 Å². The normalized spacial score (nSPS) is 19.2. The number of amides is 1. The Balaban J connectivity index is 1.57. The first-order valence-electron chi connectivity index (χ1n) is 12.0. The molecular weight excluding hydrogens is 398 g/mol. The summed E-state index contributed by atoms with van der Waals surface area (Å²) >= 11 is 0. The van der Waals surface area contributed by atoms with Crippen molar-refractivity contribution < 1.29 is 9.53 Å². The molecule has 3 aromatic rings. The minimum absolute atomic E-state index is 0.130. The zero-order valence-corrected chi connectivity index (χ0v) is 19.2. The van der Waals surface area contributed by atoms with Gasteiger partial charge in [-0.1, -0.05) is 55.7 Å². The van der Waals surface area contributed by atoms with Crippen LogP contribution in [0, 0.1) is 0 Å². The third-order valence-electron chi connectivity index (χ3n) is 7.37. The molecule has 1 fully saturated rings. The molecule has 168 valence electrons. The van der Waals surface area contributed by atoms with Crippen LogP contribution >= 0.6 is 0 Å². The van der Waals surface area contributed by atoms with E-state index in [1.807, 2.05) is 4.90 Å². The number of aryl methyl sites for hydroxylation is 2. The predicted molar refractivity (Wildman–Crippen MR) is 127 cm³/mol. The first kappa shape index (κ1) is 21.0. The second kappa shape index (κ2) is 8.97. The van der Waals surface area contributed by atoms with Gasteiger partial charge in [0.15, 0.2) is 0 Å². The van der Waals surface area contributed by atoms with E-state index in [1.54, 1.807) is 0 Å². The van der Waals surface area contributed by atoms with Gasteiger partial charge >= 0.3 is 6.09 Å². The van der Waals surface area contributed by atoms with E-state index in [0.29, 0.717) is 12.5 Å². The molecule has 1 unspecified atom stereocenters. The number of aromatic nitrogens is 2. The van der Waals surface area contributed by atoms with E-state index in [4.69, 9.17) is 9.72 Å². The number of ether oxygens (including phenoxy) is 1. The molecule has 0 N–H and O–H groups in total. The van der Waals surface area contributed by atoms with E-state index in [9.17, 15) is 4.79 Å². The van der Waals surface area contributed by atoms with Crippen LogP contribution in [0.2, 0.25) is 0 Å². The maximum atomic E-state index is 12.4. The SMILES string of the molecule is COC(=O)N1Cc2c(ccc3c2nc(C2CCCCC2)n3CCc2ccccc2)CC1C. The van der Waals surface area contributed by atoms with Gasteiger partial charge in [-0.15, -0.1) is 0 Å². The van der Waals surface area contributed by atoms with E-state index in [1.165, 1.54) is 67.2 Å². The summed E-state index contributed by atoms with van der Waals surface area (Å²) in [5.41, 5.74) is 6.15. The van der Waals surface area contributed by atoms with Crippen LogP contribution in [0.15, 0.2) is 42.5 Å². The number of carbonyl (C=O) groups is 1. The van der Waals surface area contributed by atoms with Crippen LogP contribution < -0.4 is 0 Å². The van der Waals surface area contributed by atoms with Crippen molar-refractivity contribution in [3.63, 3.8) is 0 Å². The quantitative estimate of drug-likeness (QED) is 0.521. The van der Waals surface area contributed by atoms with E-state index in [2.05, 4.69) is 54.0 Å². The summed E-state index contributed by atoms with van der Waals surface area (Å²) in [6.07, 6.45) is 7.95. The van der Waals surface area contributed by atoms with E-state index in [-0.39, 0.29) is 12.1 Å². The molecule has 32 heavy (non-hydrogen) atoms. The number of fused-ring (bicyclic) bond motifs is 3. The largest absolute Gasteiger partial charge is 0.453 e. The number of benzene rings is 2. The highest BCUT2D eigenvalue weighted by molar-refractivity contribution is 5.82.